The fraction of sp³-hybridized carbons (Fsp3) is 0.778. The van der Waals surface area contributed by atoms with Gasteiger partial charge in [0.05, 0.1) is 5.41 Å². The summed E-state index contributed by atoms with van der Waals surface area (Å²) in [7, 11) is 0. The number of aromatic nitrogens is 2. The fourth-order valence-corrected chi connectivity index (χ4v) is 4.92. The largest absolute Gasteiger partial charge is 0.481 e. The molecule has 1 aromatic rings. The van der Waals surface area contributed by atoms with E-state index in [0.29, 0.717) is 44.2 Å². The van der Waals surface area contributed by atoms with Crippen molar-refractivity contribution in [2.75, 3.05) is 13.1 Å². The molecule has 1 saturated heterocycles. The standard InChI is InChI=1S/C18H25N3O4/c22-15(21-10-13-6-3-9-18(13,11-21)17(23)24)8-7-14-19-16(20-25-14)12-4-1-2-5-12/h12-13H,1-11H2,(H,23,24)/t13-,18+/m0/s1. The van der Waals surface area contributed by atoms with Crippen molar-refractivity contribution in [3.63, 3.8) is 0 Å². The lowest BCUT2D eigenvalue weighted by molar-refractivity contribution is -0.149. The van der Waals surface area contributed by atoms with Gasteiger partial charge in [-0.3, -0.25) is 9.59 Å². The normalized spacial score (nSPS) is 29.3. The van der Waals surface area contributed by atoms with Crippen LogP contribution in [0, 0.1) is 11.3 Å². The Labute approximate surface area is 146 Å². The Kier molecular flexibility index (Phi) is 4.25. The number of fused-ring (bicyclic) bond motifs is 1. The molecule has 0 unspecified atom stereocenters. The van der Waals surface area contributed by atoms with Crippen molar-refractivity contribution in [1.29, 1.82) is 0 Å². The lowest BCUT2D eigenvalue weighted by Gasteiger charge is -2.23. The zero-order chi connectivity index (χ0) is 17.4. The predicted molar refractivity (Wildman–Crippen MR) is 87.8 cm³/mol. The molecule has 2 atom stereocenters. The molecule has 1 aliphatic heterocycles. The van der Waals surface area contributed by atoms with Crippen molar-refractivity contribution in [2.45, 2.75) is 63.7 Å². The SMILES string of the molecule is O=C(CCc1nc(C2CCCC2)no1)N1C[C@@H]2CCC[C@@]2(C(=O)O)C1. The fourth-order valence-electron chi connectivity index (χ4n) is 4.92. The minimum Gasteiger partial charge on any atom is -0.481 e. The van der Waals surface area contributed by atoms with Crippen molar-refractivity contribution in [3.05, 3.63) is 11.7 Å². The molecule has 1 N–H and O–H groups in total. The van der Waals surface area contributed by atoms with Crippen LogP contribution in [0.2, 0.25) is 0 Å². The Balaban J connectivity index is 1.33. The summed E-state index contributed by atoms with van der Waals surface area (Å²) >= 11 is 0. The molecule has 1 amide bonds. The van der Waals surface area contributed by atoms with E-state index in [-0.39, 0.29) is 11.8 Å². The Bertz CT molecular complexity index is 667. The molecule has 3 aliphatic rings. The van der Waals surface area contributed by atoms with E-state index in [1.807, 2.05) is 0 Å². The number of hydrogen-bond acceptors (Lipinski definition) is 5. The molecular formula is C18H25N3O4. The number of likely N-dealkylation sites (tertiary alicyclic amines) is 1. The van der Waals surface area contributed by atoms with Gasteiger partial charge in [-0.15, -0.1) is 0 Å². The van der Waals surface area contributed by atoms with Gasteiger partial charge < -0.3 is 14.5 Å². The summed E-state index contributed by atoms with van der Waals surface area (Å²) in [6.45, 7) is 0.922. The summed E-state index contributed by atoms with van der Waals surface area (Å²) in [6.07, 6.45) is 7.94. The van der Waals surface area contributed by atoms with Crippen LogP contribution in [0.5, 0.6) is 0 Å². The number of hydrogen-bond donors (Lipinski definition) is 1. The first-order chi connectivity index (χ1) is 12.1. The first-order valence-corrected chi connectivity index (χ1v) is 9.42. The third kappa shape index (κ3) is 2.93. The van der Waals surface area contributed by atoms with Crippen LogP contribution in [-0.2, 0) is 16.0 Å². The summed E-state index contributed by atoms with van der Waals surface area (Å²) < 4.78 is 5.30. The molecule has 25 heavy (non-hydrogen) atoms. The zero-order valence-corrected chi connectivity index (χ0v) is 14.4. The van der Waals surface area contributed by atoms with Crippen LogP contribution in [0.4, 0.5) is 0 Å². The average Bonchev–Trinajstić information content (AvgIpc) is 3.34. The number of carboxylic acid groups (broad SMARTS) is 1. The maximum absolute atomic E-state index is 12.5. The van der Waals surface area contributed by atoms with Gasteiger partial charge in [0.25, 0.3) is 0 Å². The minimum absolute atomic E-state index is 0.00404. The van der Waals surface area contributed by atoms with Gasteiger partial charge in [-0.2, -0.15) is 4.98 Å². The molecule has 136 valence electrons. The highest BCUT2D eigenvalue weighted by Crippen LogP contribution is 2.49. The van der Waals surface area contributed by atoms with Gasteiger partial charge in [0, 0.05) is 31.8 Å². The van der Waals surface area contributed by atoms with Gasteiger partial charge in [0.15, 0.2) is 5.82 Å². The number of amides is 1. The van der Waals surface area contributed by atoms with Gasteiger partial charge in [0.1, 0.15) is 0 Å². The molecule has 4 rings (SSSR count). The Morgan fingerprint density at radius 1 is 1.24 bits per heavy atom. The highest BCUT2D eigenvalue weighted by Gasteiger charge is 2.55. The van der Waals surface area contributed by atoms with E-state index in [1.54, 1.807) is 4.90 Å². The van der Waals surface area contributed by atoms with Crippen molar-refractivity contribution in [1.82, 2.24) is 15.0 Å². The Morgan fingerprint density at radius 2 is 2.04 bits per heavy atom. The van der Waals surface area contributed by atoms with Crippen LogP contribution < -0.4 is 0 Å². The van der Waals surface area contributed by atoms with E-state index in [0.717, 1.165) is 31.5 Å². The molecule has 0 radical (unpaired) electrons. The molecule has 2 saturated carbocycles. The second-order valence-corrected chi connectivity index (χ2v) is 7.85. The van der Waals surface area contributed by atoms with E-state index in [4.69, 9.17) is 4.52 Å². The number of rotatable bonds is 5. The van der Waals surface area contributed by atoms with Crippen molar-refractivity contribution in [2.24, 2.45) is 11.3 Å². The van der Waals surface area contributed by atoms with Gasteiger partial charge >= 0.3 is 5.97 Å². The van der Waals surface area contributed by atoms with Crippen molar-refractivity contribution >= 4 is 11.9 Å². The highest BCUT2D eigenvalue weighted by atomic mass is 16.5. The second-order valence-electron chi connectivity index (χ2n) is 7.85. The number of nitrogens with zero attached hydrogens (tertiary/aromatic N) is 3. The molecular weight excluding hydrogens is 322 g/mol. The number of carboxylic acids is 1. The summed E-state index contributed by atoms with van der Waals surface area (Å²) in [5.41, 5.74) is -0.713. The molecule has 0 spiro atoms. The molecule has 3 fully saturated rings. The van der Waals surface area contributed by atoms with Crippen molar-refractivity contribution < 1.29 is 19.2 Å². The summed E-state index contributed by atoms with van der Waals surface area (Å²) in [5.74, 6) is 1.05. The van der Waals surface area contributed by atoms with Crippen LogP contribution in [0.25, 0.3) is 0 Å². The van der Waals surface area contributed by atoms with Crippen LogP contribution in [0.3, 0.4) is 0 Å². The minimum atomic E-state index is -0.747. The number of aryl methyl sites for hydroxylation is 1. The predicted octanol–water partition coefficient (Wildman–Crippen LogP) is 2.37. The van der Waals surface area contributed by atoms with E-state index >= 15 is 0 Å². The quantitative estimate of drug-likeness (QED) is 0.878. The van der Waals surface area contributed by atoms with Gasteiger partial charge in [0.2, 0.25) is 11.8 Å². The Hall–Kier alpha value is -1.92. The van der Waals surface area contributed by atoms with Gasteiger partial charge in [-0.05, 0) is 31.6 Å². The van der Waals surface area contributed by atoms with Crippen LogP contribution in [0.15, 0.2) is 4.52 Å². The molecule has 2 aliphatic carbocycles. The average molecular weight is 347 g/mol. The smallest absolute Gasteiger partial charge is 0.311 e. The monoisotopic (exact) mass is 347 g/mol. The molecule has 1 aromatic heterocycles. The Morgan fingerprint density at radius 3 is 2.76 bits per heavy atom. The van der Waals surface area contributed by atoms with Gasteiger partial charge in [-0.25, -0.2) is 0 Å². The topological polar surface area (TPSA) is 96.5 Å². The number of carbonyl (C=O) groups is 2. The summed E-state index contributed by atoms with van der Waals surface area (Å²) in [5, 5.41) is 13.7. The maximum Gasteiger partial charge on any atom is 0.311 e. The van der Waals surface area contributed by atoms with Gasteiger partial charge in [-0.1, -0.05) is 24.4 Å². The van der Waals surface area contributed by atoms with Crippen molar-refractivity contribution in [3.8, 4) is 0 Å². The molecule has 0 aromatic carbocycles. The van der Waals surface area contributed by atoms with Crippen LogP contribution >= 0.6 is 0 Å². The van der Waals surface area contributed by atoms with E-state index in [9.17, 15) is 14.7 Å². The number of carbonyl (C=O) groups excluding carboxylic acids is 1. The summed E-state index contributed by atoms with van der Waals surface area (Å²) in [4.78, 5) is 30.4. The van der Waals surface area contributed by atoms with E-state index < -0.39 is 11.4 Å². The molecule has 7 heteroatoms. The third-order valence-electron chi connectivity index (χ3n) is 6.41. The van der Waals surface area contributed by atoms with E-state index in [1.165, 1.54) is 12.8 Å². The van der Waals surface area contributed by atoms with E-state index in [2.05, 4.69) is 10.1 Å². The molecule has 7 nitrogen and oxygen atoms in total. The molecule has 0 bridgehead atoms. The van der Waals surface area contributed by atoms with Crippen LogP contribution in [-0.4, -0.2) is 45.1 Å². The lowest BCUT2D eigenvalue weighted by Crippen LogP contribution is -2.37. The highest BCUT2D eigenvalue weighted by molar-refractivity contribution is 5.81. The zero-order valence-electron chi connectivity index (χ0n) is 14.4. The first-order valence-electron chi connectivity index (χ1n) is 9.42. The first kappa shape index (κ1) is 16.5. The second kappa shape index (κ2) is 6.42. The number of aliphatic carboxylic acids is 1. The lowest BCUT2D eigenvalue weighted by atomic mass is 9.81. The van der Waals surface area contributed by atoms with Crippen LogP contribution in [0.1, 0.15) is 69.0 Å². The summed E-state index contributed by atoms with van der Waals surface area (Å²) in [6, 6.07) is 0. The third-order valence-corrected chi connectivity index (χ3v) is 6.41. The molecule has 2 heterocycles. The maximum atomic E-state index is 12.5.